The number of benzene rings is 1. The molecule has 3 rings (SSSR count). The minimum atomic E-state index is -0.194. The second-order valence-electron chi connectivity index (χ2n) is 7.93. The van der Waals surface area contributed by atoms with Crippen LogP contribution in [-0.4, -0.2) is 37.9 Å². The fraction of sp³-hybridized carbons (Fsp3) is 0.667. The molecule has 26 heavy (non-hydrogen) atoms. The van der Waals surface area contributed by atoms with E-state index in [2.05, 4.69) is 41.6 Å². The van der Waals surface area contributed by atoms with Crippen LogP contribution in [0.2, 0.25) is 0 Å². The van der Waals surface area contributed by atoms with Crippen LogP contribution in [-0.2, 0) is 4.74 Å². The standard InChI is InChI=1S/C21H33N3O2/c1-21(2)15-18(17-11-6-7-12-19(17)26-21)24-20(22-3)23-13-8-14-25-16-9-4-5-10-16/h6-7,11-12,16,18H,4-5,8-10,13-15H2,1-3H3,(H2,22,23,24). The van der Waals surface area contributed by atoms with Crippen molar-refractivity contribution < 1.29 is 9.47 Å². The van der Waals surface area contributed by atoms with E-state index in [-0.39, 0.29) is 11.6 Å². The lowest BCUT2D eigenvalue weighted by Gasteiger charge is -2.38. The number of para-hydroxylation sites is 1. The largest absolute Gasteiger partial charge is 0.487 e. The molecule has 1 aliphatic carbocycles. The van der Waals surface area contributed by atoms with Crippen molar-refractivity contribution >= 4 is 5.96 Å². The molecule has 1 aliphatic heterocycles. The maximum atomic E-state index is 6.11. The first-order valence-corrected chi connectivity index (χ1v) is 9.94. The van der Waals surface area contributed by atoms with E-state index in [1.165, 1.54) is 31.2 Å². The fourth-order valence-electron chi connectivity index (χ4n) is 3.87. The summed E-state index contributed by atoms with van der Waals surface area (Å²) in [6, 6.07) is 8.45. The van der Waals surface area contributed by atoms with Gasteiger partial charge in [0.1, 0.15) is 11.4 Å². The Morgan fingerprint density at radius 1 is 1.27 bits per heavy atom. The van der Waals surface area contributed by atoms with Crippen molar-refractivity contribution in [2.45, 2.75) is 70.1 Å². The van der Waals surface area contributed by atoms with E-state index in [0.29, 0.717) is 6.10 Å². The predicted octanol–water partition coefficient (Wildman–Crippen LogP) is 3.80. The lowest BCUT2D eigenvalue weighted by Crippen LogP contribution is -2.45. The van der Waals surface area contributed by atoms with Crippen LogP contribution in [0.25, 0.3) is 0 Å². The van der Waals surface area contributed by atoms with Gasteiger partial charge in [0.15, 0.2) is 5.96 Å². The number of nitrogens with one attached hydrogen (secondary N) is 2. The highest BCUT2D eigenvalue weighted by molar-refractivity contribution is 5.80. The first kappa shape index (κ1) is 19.0. The Morgan fingerprint density at radius 3 is 2.81 bits per heavy atom. The van der Waals surface area contributed by atoms with Gasteiger partial charge in [0.2, 0.25) is 0 Å². The molecule has 0 bridgehead atoms. The van der Waals surface area contributed by atoms with Crippen LogP contribution in [0.3, 0.4) is 0 Å². The minimum Gasteiger partial charge on any atom is -0.487 e. The Hall–Kier alpha value is -1.75. The lowest BCUT2D eigenvalue weighted by molar-refractivity contribution is 0.0573. The Morgan fingerprint density at radius 2 is 2.04 bits per heavy atom. The number of hydrogen-bond donors (Lipinski definition) is 2. The summed E-state index contributed by atoms with van der Waals surface area (Å²) in [5.41, 5.74) is 0.999. The van der Waals surface area contributed by atoms with E-state index in [1.54, 1.807) is 0 Å². The molecule has 144 valence electrons. The SMILES string of the molecule is CN=C(NCCCOC1CCCC1)NC1CC(C)(C)Oc2ccccc21. The third kappa shape index (κ3) is 5.13. The van der Waals surface area contributed by atoms with Gasteiger partial charge in [-0.05, 0) is 39.2 Å². The third-order valence-corrected chi connectivity index (χ3v) is 5.18. The van der Waals surface area contributed by atoms with Gasteiger partial charge in [-0.15, -0.1) is 0 Å². The second-order valence-corrected chi connectivity index (χ2v) is 7.93. The van der Waals surface area contributed by atoms with Crippen molar-refractivity contribution in [3.63, 3.8) is 0 Å². The predicted molar refractivity (Wildman–Crippen MR) is 106 cm³/mol. The summed E-state index contributed by atoms with van der Waals surface area (Å²) in [4.78, 5) is 4.39. The molecule has 0 aromatic heterocycles. The number of rotatable bonds is 6. The molecule has 1 aromatic carbocycles. The molecule has 1 saturated carbocycles. The van der Waals surface area contributed by atoms with Crippen molar-refractivity contribution in [1.29, 1.82) is 0 Å². The molecule has 0 saturated heterocycles. The lowest BCUT2D eigenvalue weighted by atomic mass is 9.90. The number of hydrogen-bond acceptors (Lipinski definition) is 3. The molecule has 5 nitrogen and oxygen atoms in total. The Bertz CT molecular complexity index is 609. The van der Waals surface area contributed by atoms with Crippen molar-refractivity contribution in [2.24, 2.45) is 4.99 Å². The maximum absolute atomic E-state index is 6.11. The average Bonchev–Trinajstić information content (AvgIpc) is 3.12. The number of ether oxygens (including phenoxy) is 2. The van der Waals surface area contributed by atoms with Gasteiger partial charge < -0.3 is 20.1 Å². The van der Waals surface area contributed by atoms with E-state index in [0.717, 1.165) is 37.7 Å². The van der Waals surface area contributed by atoms with Crippen LogP contribution in [0.1, 0.15) is 64.0 Å². The van der Waals surface area contributed by atoms with Gasteiger partial charge in [-0.2, -0.15) is 0 Å². The summed E-state index contributed by atoms with van der Waals surface area (Å²) >= 11 is 0. The summed E-state index contributed by atoms with van der Waals surface area (Å²) < 4.78 is 12.0. The van der Waals surface area contributed by atoms with Crippen molar-refractivity contribution in [2.75, 3.05) is 20.2 Å². The zero-order valence-electron chi connectivity index (χ0n) is 16.4. The summed E-state index contributed by atoms with van der Waals surface area (Å²) in [6.45, 7) is 5.95. The minimum absolute atomic E-state index is 0.191. The summed E-state index contributed by atoms with van der Waals surface area (Å²) in [5, 5.41) is 6.99. The zero-order chi connectivity index (χ0) is 18.4. The van der Waals surface area contributed by atoms with Gasteiger partial charge in [0.25, 0.3) is 0 Å². The van der Waals surface area contributed by atoms with Crippen LogP contribution in [0.4, 0.5) is 0 Å². The average molecular weight is 360 g/mol. The molecular weight excluding hydrogens is 326 g/mol. The smallest absolute Gasteiger partial charge is 0.191 e. The van der Waals surface area contributed by atoms with Gasteiger partial charge in [0, 0.05) is 32.2 Å². The quantitative estimate of drug-likeness (QED) is 0.461. The molecule has 0 spiro atoms. The van der Waals surface area contributed by atoms with Gasteiger partial charge in [0.05, 0.1) is 12.1 Å². The maximum Gasteiger partial charge on any atom is 0.191 e. The zero-order valence-corrected chi connectivity index (χ0v) is 16.4. The van der Waals surface area contributed by atoms with E-state index in [1.807, 2.05) is 19.2 Å². The first-order valence-electron chi connectivity index (χ1n) is 9.94. The van der Waals surface area contributed by atoms with E-state index in [4.69, 9.17) is 9.47 Å². The molecular formula is C21H33N3O2. The number of nitrogens with zero attached hydrogens (tertiary/aromatic N) is 1. The van der Waals surface area contributed by atoms with Gasteiger partial charge in [-0.25, -0.2) is 0 Å². The first-order chi connectivity index (χ1) is 12.6. The second kappa shape index (κ2) is 8.76. The molecule has 5 heteroatoms. The summed E-state index contributed by atoms with van der Waals surface area (Å²) in [5.74, 6) is 1.80. The van der Waals surface area contributed by atoms with E-state index >= 15 is 0 Å². The normalized spacial score (nSPS) is 22.6. The van der Waals surface area contributed by atoms with E-state index < -0.39 is 0 Å². The van der Waals surface area contributed by atoms with Gasteiger partial charge in [-0.1, -0.05) is 31.0 Å². The highest BCUT2D eigenvalue weighted by Gasteiger charge is 2.33. The van der Waals surface area contributed by atoms with Gasteiger partial charge in [-0.3, -0.25) is 4.99 Å². The van der Waals surface area contributed by atoms with Gasteiger partial charge >= 0.3 is 0 Å². The molecule has 1 unspecified atom stereocenters. The molecule has 1 atom stereocenters. The summed E-state index contributed by atoms with van der Waals surface area (Å²) in [7, 11) is 1.82. The molecule has 1 heterocycles. The van der Waals surface area contributed by atoms with Crippen LogP contribution in [0.15, 0.2) is 29.3 Å². The molecule has 2 aliphatic rings. The van der Waals surface area contributed by atoms with E-state index in [9.17, 15) is 0 Å². The van der Waals surface area contributed by atoms with Crippen molar-refractivity contribution in [3.05, 3.63) is 29.8 Å². The molecule has 1 fully saturated rings. The van der Waals surface area contributed by atoms with Crippen LogP contribution in [0, 0.1) is 0 Å². The highest BCUT2D eigenvalue weighted by atomic mass is 16.5. The Balaban J connectivity index is 1.48. The molecule has 2 N–H and O–H groups in total. The Kier molecular flexibility index (Phi) is 6.41. The van der Waals surface area contributed by atoms with Crippen LogP contribution < -0.4 is 15.4 Å². The van der Waals surface area contributed by atoms with Crippen molar-refractivity contribution in [1.82, 2.24) is 10.6 Å². The molecule has 1 aromatic rings. The summed E-state index contributed by atoms with van der Waals surface area (Å²) in [6.07, 6.45) is 7.49. The van der Waals surface area contributed by atoms with Crippen LogP contribution in [0.5, 0.6) is 5.75 Å². The third-order valence-electron chi connectivity index (χ3n) is 5.18. The van der Waals surface area contributed by atoms with Crippen molar-refractivity contribution in [3.8, 4) is 5.75 Å². The van der Waals surface area contributed by atoms with Crippen LogP contribution >= 0.6 is 0 Å². The highest BCUT2D eigenvalue weighted by Crippen LogP contribution is 2.39. The molecule has 0 radical (unpaired) electrons. The monoisotopic (exact) mass is 359 g/mol. The number of guanidine groups is 1. The number of fused-ring (bicyclic) bond motifs is 1. The Labute approximate surface area is 157 Å². The molecule has 0 amide bonds. The topological polar surface area (TPSA) is 54.9 Å². The fourth-order valence-corrected chi connectivity index (χ4v) is 3.87. The number of aliphatic imine (C=N–C) groups is 1.